The van der Waals surface area contributed by atoms with E-state index in [0.717, 1.165) is 5.56 Å². The van der Waals surface area contributed by atoms with Crippen molar-refractivity contribution in [2.75, 3.05) is 0 Å². The van der Waals surface area contributed by atoms with Crippen molar-refractivity contribution in [3.8, 4) is 0 Å². The maximum atomic E-state index is 12.2. The van der Waals surface area contributed by atoms with Gasteiger partial charge in [-0.05, 0) is 37.7 Å². The Balaban J connectivity index is 1.81. The fourth-order valence-electron chi connectivity index (χ4n) is 3.00. The third kappa shape index (κ3) is 4.55. The summed E-state index contributed by atoms with van der Waals surface area (Å²) in [6.07, 6.45) is 7.14. The first-order chi connectivity index (χ1) is 9.66. The first-order valence-corrected chi connectivity index (χ1v) is 8.21. The molecule has 0 aliphatic heterocycles. The van der Waals surface area contributed by atoms with Crippen LogP contribution in [0.2, 0.25) is 0 Å². The number of carbonyl (C=O) groups excluding carboxylic acids is 1. The van der Waals surface area contributed by atoms with E-state index in [2.05, 4.69) is 24.9 Å². The van der Waals surface area contributed by atoms with Crippen molar-refractivity contribution < 1.29 is 4.79 Å². The van der Waals surface area contributed by atoms with Crippen molar-refractivity contribution in [3.63, 3.8) is 0 Å². The van der Waals surface area contributed by atoms with Gasteiger partial charge in [-0.2, -0.15) is 12.6 Å². The van der Waals surface area contributed by atoms with E-state index in [1.165, 1.54) is 32.1 Å². The van der Waals surface area contributed by atoms with E-state index in [9.17, 15) is 4.79 Å². The minimum atomic E-state index is -0.261. The smallest absolute Gasteiger partial charge is 0.233 e. The van der Waals surface area contributed by atoms with Gasteiger partial charge in [0.05, 0.1) is 5.25 Å². The van der Waals surface area contributed by atoms with Crippen LogP contribution in [-0.4, -0.2) is 17.2 Å². The predicted octanol–water partition coefficient (Wildman–Crippen LogP) is 3.61. The lowest BCUT2D eigenvalue weighted by molar-refractivity contribution is -0.121. The second-order valence-electron chi connectivity index (χ2n) is 5.90. The van der Waals surface area contributed by atoms with Crippen molar-refractivity contribution in [1.29, 1.82) is 0 Å². The van der Waals surface area contributed by atoms with Gasteiger partial charge in [0.15, 0.2) is 0 Å². The van der Waals surface area contributed by atoms with Crippen LogP contribution >= 0.6 is 12.6 Å². The molecular formula is C17H25NOS. The molecular weight excluding hydrogens is 266 g/mol. The maximum Gasteiger partial charge on any atom is 0.233 e. The SMILES string of the molecule is CC(NC(=O)C(S)Cc1ccccc1)C1CCCCC1. The summed E-state index contributed by atoms with van der Waals surface area (Å²) in [5.74, 6) is 0.709. The second kappa shape index (κ2) is 7.72. The molecule has 110 valence electrons. The highest BCUT2D eigenvalue weighted by atomic mass is 32.1. The van der Waals surface area contributed by atoms with Gasteiger partial charge in [0.25, 0.3) is 0 Å². The Morgan fingerprint density at radius 1 is 1.25 bits per heavy atom. The molecule has 2 nitrogen and oxygen atoms in total. The molecule has 0 bridgehead atoms. The second-order valence-corrected chi connectivity index (χ2v) is 6.52. The summed E-state index contributed by atoms with van der Waals surface area (Å²) < 4.78 is 0. The molecule has 0 saturated heterocycles. The normalized spacial score (nSPS) is 19.3. The highest BCUT2D eigenvalue weighted by Crippen LogP contribution is 2.26. The van der Waals surface area contributed by atoms with Gasteiger partial charge in [0.2, 0.25) is 5.91 Å². The van der Waals surface area contributed by atoms with Crippen molar-refractivity contribution in [3.05, 3.63) is 35.9 Å². The third-order valence-electron chi connectivity index (χ3n) is 4.30. The number of hydrogen-bond donors (Lipinski definition) is 2. The first kappa shape index (κ1) is 15.4. The van der Waals surface area contributed by atoms with Gasteiger partial charge in [0, 0.05) is 6.04 Å². The van der Waals surface area contributed by atoms with Crippen molar-refractivity contribution in [2.24, 2.45) is 5.92 Å². The van der Waals surface area contributed by atoms with Gasteiger partial charge < -0.3 is 5.32 Å². The van der Waals surface area contributed by atoms with Gasteiger partial charge in [-0.3, -0.25) is 4.79 Å². The quantitative estimate of drug-likeness (QED) is 0.797. The predicted molar refractivity (Wildman–Crippen MR) is 87.1 cm³/mol. The Bertz CT molecular complexity index is 414. The molecule has 1 aromatic rings. The zero-order valence-electron chi connectivity index (χ0n) is 12.2. The molecule has 1 fully saturated rings. The van der Waals surface area contributed by atoms with Crippen LogP contribution in [0.1, 0.15) is 44.6 Å². The Morgan fingerprint density at radius 3 is 2.55 bits per heavy atom. The Labute approximate surface area is 127 Å². The maximum absolute atomic E-state index is 12.2. The van der Waals surface area contributed by atoms with Crippen LogP contribution in [0.25, 0.3) is 0 Å². The van der Waals surface area contributed by atoms with E-state index < -0.39 is 0 Å². The highest BCUT2D eigenvalue weighted by molar-refractivity contribution is 7.81. The van der Waals surface area contributed by atoms with E-state index in [1.807, 2.05) is 30.3 Å². The highest BCUT2D eigenvalue weighted by Gasteiger charge is 2.23. The van der Waals surface area contributed by atoms with Gasteiger partial charge >= 0.3 is 0 Å². The van der Waals surface area contributed by atoms with Crippen LogP contribution < -0.4 is 5.32 Å². The number of hydrogen-bond acceptors (Lipinski definition) is 2. The molecule has 2 atom stereocenters. The number of thiol groups is 1. The average molecular weight is 291 g/mol. The molecule has 1 saturated carbocycles. The summed E-state index contributed by atoms with van der Waals surface area (Å²) in [5, 5.41) is 2.89. The molecule has 0 spiro atoms. The van der Waals surface area contributed by atoms with Crippen LogP contribution in [-0.2, 0) is 11.2 Å². The summed E-state index contributed by atoms with van der Waals surface area (Å²) in [5.41, 5.74) is 1.16. The average Bonchev–Trinajstić information content (AvgIpc) is 2.49. The Kier molecular flexibility index (Phi) is 5.96. The number of carbonyl (C=O) groups is 1. The molecule has 1 aliphatic carbocycles. The molecule has 1 amide bonds. The van der Waals surface area contributed by atoms with E-state index in [4.69, 9.17) is 0 Å². The lowest BCUT2D eigenvalue weighted by Gasteiger charge is -2.29. The number of rotatable bonds is 5. The zero-order chi connectivity index (χ0) is 14.4. The van der Waals surface area contributed by atoms with Crippen LogP contribution in [0.5, 0.6) is 0 Å². The third-order valence-corrected chi connectivity index (χ3v) is 4.72. The standard InChI is InChI=1S/C17H25NOS/c1-13(15-10-6-3-7-11-15)18-17(19)16(20)12-14-8-4-2-5-9-14/h2,4-5,8-9,13,15-16,20H,3,6-7,10-12H2,1H3,(H,18,19). The molecule has 0 aromatic heterocycles. The van der Waals surface area contributed by atoms with E-state index in [1.54, 1.807) is 0 Å². The number of amides is 1. The van der Waals surface area contributed by atoms with Gasteiger partial charge in [-0.15, -0.1) is 0 Å². The zero-order valence-corrected chi connectivity index (χ0v) is 13.1. The number of nitrogens with one attached hydrogen (secondary N) is 1. The van der Waals surface area contributed by atoms with Crippen LogP contribution in [0.15, 0.2) is 30.3 Å². The largest absolute Gasteiger partial charge is 0.352 e. The molecule has 0 radical (unpaired) electrons. The molecule has 2 rings (SSSR count). The van der Waals surface area contributed by atoms with Crippen molar-refractivity contribution >= 4 is 18.5 Å². The fraction of sp³-hybridized carbons (Fsp3) is 0.588. The van der Waals surface area contributed by atoms with Crippen molar-refractivity contribution in [2.45, 2.75) is 56.7 Å². The van der Waals surface area contributed by atoms with Gasteiger partial charge in [-0.25, -0.2) is 0 Å². The van der Waals surface area contributed by atoms with Gasteiger partial charge in [0.1, 0.15) is 0 Å². The Hall–Kier alpha value is -0.960. The van der Waals surface area contributed by atoms with E-state index >= 15 is 0 Å². The summed E-state index contributed by atoms with van der Waals surface area (Å²) in [6.45, 7) is 2.14. The lowest BCUT2D eigenvalue weighted by Crippen LogP contribution is -2.43. The van der Waals surface area contributed by atoms with Gasteiger partial charge in [-0.1, -0.05) is 49.6 Å². The molecule has 0 heterocycles. The first-order valence-electron chi connectivity index (χ1n) is 7.69. The minimum absolute atomic E-state index is 0.0651. The van der Waals surface area contributed by atoms with Crippen LogP contribution in [0.3, 0.4) is 0 Å². The molecule has 20 heavy (non-hydrogen) atoms. The fourth-order valence-corrected chi connectivity index (χ4v) is 3.29. The van der Waals surface area contributed by atoms with E-state index in [0.29, 0.717) is 12.3 Å². The summed E-state index contributed by atoms with van der Waals surface area (Å²) in [6, 6.07) is 10.3. The topological polar surface area (TPSA) is 29.1 Å². The molecule has 3 heteroatoms. The minimum Gasteiger partial charge on any atom is -0.352 e. The van der Waals surface area contributed by atoms with Crippen LogP contribution in [0, 0.1) is 5.92 Å². The number of benzene rings is 1. The van der Waals surface area contributed by atoms with Crippen LogP contribution in [0.4, 0.5) is 0 Å². The molecule has 1 aliphatic rings. The molecule has 2 unspecified atom stereocenters. The lowest BCUT2D eigenvalue weighted by atomic mass is 9.84. The Morgan fingerprint density at radius 2 is 1.90 bits per heavy atom. The molecule has 1 aromatic carbocycles. The summed E-state index contributed by atoms with van der Waals surface area (Å²) in [7, 11) is 0. The van der Waals surface area contributed by atoms with Crippen molar-refractivity contribution in [1.82, 2.24) is 5.32 Å². The van der Waals surface area contributed by atoms with E-state index in [-0.39, 0.29) is 17.2 Å². The summed E-state index contributed by atoms with van der Waals surface area (Å²) in [4.78, 5) is 12.2. The summed E-state index contributed by atoms with van der Waals surface area (Å²) >= 11 is 4.46. The molecule has 1 N–H and O–H groups in total. The monoisotopic (exact) mass is 291 g/mol.